The summed E-state index contributed by atoms with van der Waals surface area (Å²) in [6, 6.07) is 0. The molecule has 0 amide bonds. The quantitative estimate of drug-likeness (QED) is 0.511. The number of rotatable bonds is 6. The normalized spacial score (nSPS) is 21.9. The minimum absolute atomic E-state index is 0.268. The Morgan fingerprint density at radius 2 is 1.50 bits per heavy atom. The van der Waals surface area contributed by atoms with Gasteiger partial charge in [0.2, 0.25) is 0 Å². The third kappa shape index (κ3) is 4.64. The summed E-state index contributed by atoms with van der Waals surface area (Å²) in [7, 11) is 0. The van der Waals surface area contributed by atoms with Gasteiger partial charge in [-0.05, 0) is 24.2 Å². The molecule has 20 heavy (non-hydrogen) atoms. The van der Waals surface area contributed by atoms with Gasteiger partial charge in [-0.2, -0.15) is 0 Å². The Bertz CT molecular complexity index is 281. The molecule has 2 nitrogen and oxygen atoms in total. The Morgan fingerprint density at radius 3 is 1.95 bits per heavy atom. The van der Waals surface area contributed by atoms with E-state index in [9.17, 15) is 4.79 Å². The van der Waals surface area contributed by atoms with Crippen LogP contribution in [-0.4, -0.2) is 12.6 Å². The van der Waals surface area contributed by atoms with Crippen LogP contribution in [0.5, 0.6) is 0 Å². The van der Waals surface area contributed by atoms with Crippen LogP contribution in [0.25, 0.3) is 0 Å². The van der Waals surface area contributed by atoms with Crippen LogP contribution in [0.2, 0.25) is 0 Å². The third-order valence-electron chi connectivity index (χ3n) is 5.37. The molecule has 0 heterocycles. The molecule has 2 fully saturated rings. The Morgan fingerprint density at radius 1 is 1.00 bits per heavy atom. The van der Waals surface area contributed by atoms with Crippen molar-refractivity contribution in [2.24, 2.45) is 17.8 Å². The van der Waals surface area contributed by atoms with E-state index >= 15 is 0 Å². The number of hydrogen-bond donors (Lipinski definition) is 0. The molecule has 2 aliphatic rings. The van der Waals surface area contributed by atoms with Crippen molar-refractivity contribution in [3.05, 3.63) is 12.7 Å². The molecule has 2 aliphatic carbocycles. The van der Waals surface area contributed by atoms with Gasteiger partial charge in [0.25, 0.3) is 0 Å². The molecule has 0 radical (unpaired) electrons. The van der Waals surface area contributed by atoms with Crippen LogP contribution in [0.4, 0.5) is 0 Å². The molecule has 0 saturated heterocycles. The maximum absolute atomic E-state index is 11.2. The second-order valence-electron chi connectivity index (χ2n) is 6.62. The Kier molecular flexibility index (Phi) is 6.62. The molecule has 2 rings (SSSR count). The molecule has 0 aromatic carbocycles. The Hall–Kier alpha value is -0.790. The van der Waals surface area contributed by atoms with Gasteiger partial charge in [0.1, 0.15) is 0 Å². The fourth-order valence-electron chi connectivity index (χ4n) is 4.34. The summed E-state index contributed by atoms with van der Waals surface area (Å²) in [6.07, 6.45) is 16.4. The second-order valence-corrected chi connectivity index (χ2v) is 6.62. The summed E-state index contributed by atoms with van der Waals surface area (Å²) >= 11 is 0. The minimum Gasteiger partial charge on any atom is -0.463 e. The first-order chi connectivity index (χ1) is 9.81. The van der Waals surface area contributed by atoms with Crippen molar-refractivity contribution in [1.82, 2.24) is 0 Å². The Balaban J connectivity index is 1.87. The van der Waals surface area contributed by atoms with Crippen molar-refractivity contribution >= 4 is 5.97 Å². The maximum atomic E-state index is 11.2. The zero-order valence-electron chi connectivity index (χ0n) is 12.8. The zero-order valence-corrected chi connectivity index (χ0v) is 12.8. The van der Waals surface area contributed by atoms with Gasteiger partial charge in [-0.15, -0.1) is 0 Å². The molecule has 2 saturated carbocycles. The summed E-state index contributed by atoms with van der Waals surface area (Å²) < 4.78 is 5.25. The average Bonchev–Trinajstić information content (AvgIpc) is 2.53. The van der Waals surface area contributed by atoms with E-state index in [1.54, 1.807) is 0 Å². The average molecular weight is 278 g/mol. The number of carbonyl (C=O) groups excluding carboxylic acids is 1. The first-order valence-electron chi connectivity index (χ1n) is 8.60. The van der Waals surface area contributed by atoms with Crippen molar-refractivity contribution in [1.29, 1.82) is 0 Å². The van der Waals surface area contributed by atoms with Crippen LogP contribution in [0.3, 0.4) is 0 Å². The van der Waals surface area contributed by atoms with Crippen LogP contribution >= 0.6 is 0 Å². The van der Waals surface area contributed by atoms with E-state index in [1.165, 1.54) is 70.3 Å². The first kappa shape index (κ1) is 15.6. The van der Waals surface area contributed by atoms with Crippen molar-refractivity contribution in [3.63, 3.8) is 0 Å². The lowest BCUT2D eigenvalue weighted by molar-refractivity contribution is -0.138. The molecule has 0 aromatic rings. The molecule has 0 aliphatic heterocycles. The maximum Gasteiger partial charge on any atom is 0.330 e. The molecule has 114 valence electrons. The van der Waals surface area contributed by atoms with Gasteiger partial charge in [0, 0.05) is 6.08 Å². The van der Waals surface area contributed by atoms with Gasteiger partial charge < -0.3 is 4.74 Å². The van der Waals surface area contributed by atoms with Gasteiger partial charge in [-0.25, -0.2) is 4.79 Å². The predicted octanol–water partition coefficient (Wildman–Crippen LogP) is 4.88. The van der Waals surface area contributed by atoms with Crippen molar-refractivity contribution in [3.8, 4) is 0 Å². The molecule has 0 unspecified atom stereocenters. The van der Waals surface area contributed by atoms with E-state index < -0.39 is 0 Å². The van der Waals surface area contributed by atoms with Crippen molar-refractivity contribution < 1.29 is 9.53 Å². The lowest BCUT2D eigenvalue weighted by Crippen LogP contribution is -2.28. The van der Waals surface area contributed by atoms with Crippen LogP contribution in [-0.2, 0) is 9.53 Å². The third-order valence-corrected chi connectivity index (χ3v) is 5.37. The standard InChI is InChI=1S/C18H30O2/c1-2-18(19)20-14-13-17(15-9-5-3-6-10-15)16-11-7-4-8-12-16/h2,15-17H,1,3-14H2. The largest absolute Gasteiger partial charge is 0.463 e. The van der Waals surface area contributed by atoms with E-state index in [-0.39, 0.29) is 5.97 Å². The van der Waals surface area contributed by atoms with Crippen molar-refractivity contribution in [2.75, 3.05) is 6.61 Å². The fraction of sp³-hybridized carbons (Fsp3) is 0.833. The highest BCUT2D eigenvalue weighted by molar-refractivity contribution is 5.81. The van der Waals surface area contributed by atoms with E-state index in [0.717, 1.165) is 24.2 Å². The Labute approximate surface area is 124 Å². The van der Waals surface area contributed by atoms with Crippen LogP contribution in [0, 0.1) is 17.8 Å². The topological polar surface area (TPSA) is 26.3 Å². The number of hydrogen-bond acceptors (Lipinski definition) is 2. The lowest BCUT2D eigenvalue weighted by Gasteiger charge is -2.37. The van der Waals surface area contributed by atoms with Gasteiger partial charge in [-0.3, -0.25) is 0 Å². The fourth-order valence-corrected chi connectivity index (χ4v) is 4.34. The number of esters is 1. The van der Waals surface area contributed by atoms with Crippen LogP contribution < -0.4 is 0 Å². The highest BCUT2D eigenvalue weighted by Gasteiger charge is 2.31. The molecular weight excluding hydrogens is 248 g/mol. The van der Waals surface area contributed by atoms with Crippen molar-refractivity contribution in [2.45, 2.75) is 70.6 Å². The lowest BCUT2D eigenvalue weighted by atomic mass is 9.68. The zero-order chi connectivity index (χ0) is 14.2. The molecule has 0 aromatic heterocycles. The number of carbonyl (C=O) groups is 1. The minimum atomic E-state index is -0.268. The summed E-state index contributed by atoms with van der Waals surface area (Å²) in [4.78, 5) is 11.2. The van der Waals surface area contributed by atoms with E-state index in [2.05, 4.69) is 6.58 Å². The van der Waals surface area contributed by atoms with E-state index in [1.807, 2.05) is 0 Å². The van der Waals surface area contributed by atoms with Crippen LogP contribution in [0.15, 0.2) is 12.7 Å². The summed E-state index contributed by atoms with van der Waals surface area (Å²) in [5.41, 5.74) is 0. The van der Waals surface area contributed by atoms with Gasteiger partial charge in [-0.1, -0.05) is 70.8 Å². The SMILES string of the molecule is C=CC(=O)OCCC(C1CCCCC1)C1CCCCC1. The van der Waals surface area contributed by atoms with E-state index in [0.29, 0.717) is 6.61 Å². The molecule has 0 atom stereocenters. The van der Waals surface area contributed by atoms with Gasteiger partial charge in [0.05, 0.1) is 6.61 Å². The smallest absolute Gasteiger partial charge is 0.330 e. The van der Waals surface area contributed by atoms with E-state index in [4.69, 9.17) is 4.74 Å². The molecule has 0 N–H and O–H groups in total. The molecule has 2 heteroatoms. The summed E-state index contributed by atoms with van der Waals surface area (Å²) in [5, 5.41) is 0. The molecule has 0 spiro atoms. The summed E-state index contributed by atoms with van der Waals surface area (Å²) in [5.74, 6) is 2.29. The molecule has 0 bridgehead atoms. The highest BCUT2D eigenvalue weighted by Crippen LogP contribution is 2.41. The number of ether oxygens (including phenoxy) is 1. The van der Waals surface area contributed by atoms with Gasteiger partial charge >= 0.3 is 5.97 Å². The predicted molar refractivity (Wildman–Crippen MR) is 82.4 cm³/mol. The first-order valence-corrected chi connectivity index (χ1v) is 8.60. The second kappa shape index (κ2) is 8.49. The van der Waals surface area contributed by atoms with Gasteiger partial charge in [0.15, 0.2) is 0 Å². The monoisotopic (exact) mass is 278 g/mol. The highest BCUT2D eigenvalue weighted by atomic mass is 16.5. The van der Waals surface area contributed by atoms with Crippen LogP contribution in [0.1, 0.15) is 70.6 Å². The molecular formula is C18H30O2. The summed E-state index contributed by atoms with van der Waals surface area (Å²) in [6.45, 7) is 4.05.